The molecule has 0 bridgehead atoms. The van der Waals surface area contributed by atoms with Gasteiger partial charge in [-0.2, -0.15) is 15.4 Å². The average molecular weight is 267 g/mol. The lowest BCUT2D eigenvalue weighted by atomic mass is 10.2. The fourth-order valence-electron chi connectivity index (χ4n) is 1.91. The molecule has 0 radical (unpaired) electrons. The lowest BCUT2D eigenvalue weighted by Gasteiger charge is -2.20. The molecule has 3 rings (SSSR count). The zero-order chi connectivity index (χ0) is 13.9. The van der Waals surface area contributed by atoms with Crippen LogP contribution < -0.4 is 10.4 Å². The molecule has 6 heteroatoms. The van der Waals surface area contributed by atoms with Crippen molar-refractivity contribution in [2.24, 2.45) is 0 Å². The third-order valence-corrected chi connectivity index (χ3v) is 2.99. The molecule has 0 atom stereocenters. The topological polar surface area (TPSA) is 73.9 Å². The average Bonchev–Trinajstić information content (AvgIpc) is 2.95. The first-order chi connectivity index (χ1) is 9.74. The second-order valence-electron chi connectivity index (χ2n) is 4.36. The van der Waals surface area contributed by atoms with Gasteiger partial charge < -0.3 is 0 Å². The molecule has 0 spiro atoms. The summed E-state index contributed by atoms with van der Waals surface area (Å²) in [6, 6.07) is 14.8. The van der Waals surface area contributed by atoms with Gasteiger partial charge in [0.15, 0.2) is 0 Å². The molecule has 2 aromatic carbocycles. The van der Waals surface area contributed by atoms with Crippen molar-refractivity contribution in [3.63, 3.8) is 0 Å². The third kappa shape index (κ3) is 2.31. The normalized spacial score (nSPS) is 10.4. The Morgan fingerprint density at radius 2 is 1.85 bits per heavy atom. The number of amides is 1. The molecule has 0 aliphatic heterocycles. The van der Waals surface area contributed by atoms with Gasteiger partial charge in [0.1, 0.15) is 11.0 Å². The fraction of sp³-hybridized carbons (Fsp3) is 0.0714. The van der Waals surface area contributed by atoms with Crippen LogP contribution in [0.25, 0.3) is 11.0 Å². The maximum atomic E-state index is 12.2. The summed E-state index contributed by atoms with van der Waals surface area (Å²) in [5.41, 5.74) is 5.65. The highest BCUT2D eigenvalue weighted by Crippen LogP contribution is 2.12. The first-order valence-electron chi connectivity index (χ1n) is 6.14. The maximum Gasteiger partial charge on any atom is 0.269 e. The Hall–Kier alpha value is -2.89. The monoisotopic (exact) mass is 267 g/mol. The molecule has 1 aromatic heterocycles. The van der Waals surface area contributed by atoms with Crippen molar-refractivity contribution in [1.82, 2.24) is 20.8 Å². The van der Waals surface area contributed by atoms with Crippen LogP contribution in [0.2, 0.25) is 0 Å². The van der Waals surface area contributed by atoms with Crippen molar-refractivity contribution in [3.8, 4) is 0 Å². The second kappa shape index (κ2) is 5.00. The summed E-state index contributed by atoms with van der Waals surface area (Å²) < 4.78 is 0. The number of nitrogens with one attached hydrogen (secondary N) is 2. The third-order valence-electron chi connectivity index (χ3n) is 2.99. The van der Waals surface area contributed by atoms with Gasteiger partial charge in [0.05, 0.1) is 5.69 Å². The molecule has 20 heavy (non-hydrogen) atoms. The molecule has 0 aliphatic carbocycles. The maximum absolute atomic E-state index is 12.2. The quantitative estimate of drug-likeness (QED) is 0.709. The van der Waals surface area contributed by atoms with Crippen LogP contribution >= 0.6 is 0 Å². The van der Waals surface area contributed by atoms with Crippen LogP contribution in [-0.2, 0) is 0 Å². The summed E-state index contributed by atoms with van der Waals surface area (Å²) in [7, 11) is 1.79. The number of fused-ring (bicyclic) bond motifs is 1. The molecule has 0 saturated carbocycles. The first-order valence-corrected chi connectivity index (χ1v) is 6.14. The van der Waals surface area contributed by atoms with Gasteiger partial charge in [0, 0.05) is 12.6 Å². The van der Waals surface area contributed by atoms with E-state index in [-0.39, 0.29) is 5.91 Å². The van der Waals surface area contributed by atoms with Crippen LogP contribution in [0, 0.1) is 0 Å². The Morgan fingerprint density at radius 1 is 1.10 bits per heavy atom. The van der Waals surface area contributed by atoms with E-state index in [4.69, 9.17) is 0 Å². The number of para-hydroxylation sites is 1. The van der Waals surface area contributed by atoms with E-state index in [9.17, 15) is 4.79 Å². The summed E-state index contributed by atoms with van der Waals surface area (Å²) in [5.74, 6) is -0.193. The van der Waals surface area contributed by atoms with Crippen molar-refractivity contribution >= 4 is 22.6 Å². The number of carbonyl (C=O) groups excluding carboxylic acids is 1. The van der Waals surface area contributed by atoms with Gasteiger partial charge >= 0.3 is 0 Å². The number of hydrogen-bond acceptors (Lipinski definition) is 4. The summed E-state index contributed by atoms with van der Waals surface area (Å²) >= 11 is 0. The molecule has 1 amide bonds. The van der Waals surface area contributed by atoms with Crippen LogP contribution in [0.1, 0.15) is 10.4 Å². The van der Waals surface area contributed by atoms with E-state index in [1.165, 1.54) is 0 Å². The number of hydrogen-bond donors (Lipinski definition) is 2. The molecule has 0 unspecified atom stereocenters. The van der Waals surface area contributed by atoms with Crippen LogP contribution in [0.3, 0.4) is 0 Å². The van der Waals surface area contributed by atoms with E-state index in [1.807, 2.05) is 30.3 Å². The number of benzene rings is 2. The SMILES string of the molecule is CN(NC(=O)c1ccc2n[nH]nc2c1)c1ccccc1. The van der Waals surface area contributed by atoms with Crippen LogP contribution in [0.5, 0.6) is 0 Å². The van der Waals surface area contributed by atoms with Crippen molar-refractivity contribution in [3.05, 3.63) is 54.1 Å². The summed E-state index contributed by atoms with van der Waals surface area (Å²) in [5, 5.41) is 12.1. The first kappa shape index (κ1) is 12.2. The molecule has 2 N–H and O–H groups in total. The molecule has 0 fully saturated rings. The lowest BCUT2D eigenvalue weighted by molar-refractivity contribution is 0.0951. The highest BCUT2D eigenvalue weighted by atomic mass is 16.2. The van der Waals surface area contributed by atoms with Crippen molar-refractivity contribution in [2.75, 3.05) is 12.1 Å². The molecule has 3 aromatic rings. The molecule has 100 valence electrons. The largest absolute Gasteiger partial charge is 0.288 e. The molecular weight excluding hydrogens is 254 g/mol. The van der Waals surface area contributed by atoms with Gasteiger partial charge in [-0.3, -0.25) is 15.2 Å². The van der Waals surface area contributed by atoms with Crippen molar-refractivity contribution < 1.29 is 4.79 Å². The van der Waals surface area contributed by atoms with E-state index >= 15 is 0 Å². The number of aromatic amines is 1. The Labute approximate surface area is 115 Å². The molecular formula is C14H13N5O. The van der Waals surface area contributed by atoms with Gasteiger partial charge in [-0.1, -0.05) is 18.2 Å². The summed E-state index contributed by atoms with van der Waals surface area (Å²) in [6.07, 6.45) is 0. The molecule has 6 nitrogen and oxygen atoms in total. The van der Waals surface area contributed by atoms with E-state index in [2.05, 4.69) is 20.8 Å². The van der Waals surface area contributed by atoms with Crippen molar-refractivity contribution in [2.45, 2.75) is 0 Å². The Bertz CT molecular complexity index is 737. The van der Waals surface area contributed by atoms with Gasteiger partial charge in [-0.15, -0.1) is 0 Å². The zero-order valence-corrected chi connectivity index (χ0v) is 10.9. The number of nitrogens with zero attached hydrogens (tertiary/aromatic N) is 3. The summed E-state index contributed by atoms with van der Waals surface area (Å²) in [6.45, 7) is 0. The van der Waals surface area contributed by atoms with Crippen LogP contribution in [0.15, 0.2) is 48.5 Å². The second-order valence-corrected chi connectivity index (χ2v) is 4.36. The standard InChI is InChI=1S/C14H13N5O/c1-19(11-5-3-2-4-6-11)17-14(20)10-7-8-12-13(9-10)16-18-15-12/h2-9H,1H3,(H,17,20)(H,15,16,18). The zero-order valence-electron chi connectivity index (χ0n) is 10.9. The number of carbonyl (C=O) groups is 1. The number of H-pyrrole nitrogens is 1. The van der Waals surface area contributed by atoms with Crippen molar-refractivity contribution in [1.29, 1.82) is 0 Å². The Kier molecular flexibility index (Phi) is 3.04. The predicted octanol–water partition coefficient (Wildman–Crippen LogP) is 1.74. The predicted molar refractivity (Wildman–Crippen MR) is 76.2 cm³/mol. The van der Waals surface area contributed by atoms with Gasteiger partial charge in [0.2, 0.25) is 0 Å². The lowest BCUT2D eigenvalue weighted by Crippen LogP contribution is -2.39. The highest BCUT2D eigenvalue weighted by Gasteiger charge is 2.10. The molecule has 1 heterocycles. The minimum atomic E-state index is -0.193. The van der Waals surface area contributed by atoms with E-state index in [0.29, 0.717) is 11.1 Å². The Balaban J connectivity index is 1.78. The highest BCUT2D eigenvalue weighted by molar-refractivity contribution is 5.97. The minimum Gasteiger partial charge on any atom is -0.288 e. The Morgan fingerprint density at radius 3 is 2.65 bits per heavy atom. The fourth-order valence-corrected chi connectivity index (χ4v) is 1.91. The minimum absolute atomic E-state index is 0.193. The summed E-state index contributed by atoms with van der Waals surface area (Å²) in [4.78, 5) is 12.2. The number of aromatic nitrogens is 3. The van der Waals surface area contributed by atoms with E-state index < -0.39 is 0 Å². The van der Waals surface area contributed by atoms with Crippen LogP contribution in [-0.4, -0.2) is 28.4 Å². The number of hydrazine groups is 1. The van der Waals surface area contributed by atoms with Gasteiger partial charge in [0.25, 0.3) is 5.91 Å². The van der Waals surface area contributed by atoms with Gasteiger partial charge in [-0.25, -0.2) is 0 Å². The smallest absolute Gasteiger partial charge is 0.269 e. The number of anilines is 1. The van der Waals surface area contributed by atoms with Gasteiger partial charge in [-0.05, 0) is 30.3 Å². The van der Waals surface area contributed by atoms with E-state index in [0.717, 1.165) is 11.2 Å². The van der Waals surface area contributed by atoms with Crippen LogP contribution in [0.4, 0.5) is 5.69 Å². The van der Waals surface area contributed by atoms with E-state index in [1.54, 1.807) is 30.3 Å². The molecule has 0 saturated heterocycles. The number of rotatable bonds is 3. The molecule has 0 aliphatic rings.